The number of carboxylic acids is 1. The van der Waals surface area contributed by atoms with Gasteiger partial charge in [-0.3, -0.25) is 9.48 Å². The quantitative estimate of drug-likeness (QED) is 0.733. The summed E-state index contributed by atoms with van der Waals surface area (Å²) >= 11 is 0. The number of hydrogen-bond donors (Lipinski definition) is 1. The SMILES string of the molecule is O=C(O)CCCn1cc(F)cn1. The molecular weight excluding hydrogens is 163 g/mol. The van der Waals surface area contributed by atoms with Crippen molar-refractivity contribution in [3.8, 4) is 0 Å². The van der Waals surface area contributed by atoms with Crippen LogP contribution in [0.25, 0.3) is 0 Å². The highest BCUT2D eigenvalue weighted by Gasteiger charge is 1.99. The molecule has 0 bridgehead atoms. The predicted octanol–water partition coefficient (Wildman–Crippen LogP) is 0.887. The first-order valence-corrected chi connectivity index (χ1v) is 3.58. The molecule has 1 rings (SSSR count). The normalized spacial score (nSPS) is 10.1. The molecule has 0 aromatic carbocycles. The average Bonchev–Trinajstić information content (AvgIpc) is 2.35. The van der Waals surface area contributed by atoms with E-state index in [1.165, 1.54) is 10.9 Å². The maximum Gasteiger partial charge on any atom is 0.303 e. The van der Waals surface area contributed by atoms with E-state index in [0.717, 1.165) is 6.20 Å². The predicted molar refractivity (Wildman–Crippen MR) is 39.1 cm³/mol. The lowest BCUT2D eigenvalue weighted by atomic mass is 10.3. The van der Waals surface area contributed by atoms with Crippen molar-refractivity contribution in [3.05, 3.63) is 18.2 Å². The fourth-order valence-electron chi connectivity index (χ4n) is 0.853. The first kappa shape index (κ1) is 8.70. The Morgan fingerprint density at radius 2 is 2.50 bits per heavy atom. The molecule has 5 heteroatoms. The minimum absolute atomic E-state index is 0.0848. The summed E-state index contributed by atoms with van der Waals surface area (Å²) in [5.74, 6) is -1.24. The third-order valence-corrected chi connectivity index (χ3v) is 1.38. The second-order valence-corrected chi connectivity index (χ2v) is 2.42. The molecule has 0 saturated heterocycles. The summed E-state index contributed by atoms with van der Waals surface area (Å²) in [4.78, 5) is 10.1. The number of carboxylic acid groups (broad SMARTS) is 1. The largest absolute Gasteiger partial charge is 0.481 e. The maximum absolute atomic E-state index is 12.3. The lowest BCUT2D eigenvalue weighted by Gasteiger charge is -1.96. The van der Waals surface area contributed by atoms with Crippen molar-refractivity contribution in [3.63, 3.8) is 0 Å². The van der Waals surface area contributed by atoms with Crippen LogP contribution in [-0.2, 0) is 11.3 Å². The van der Waals surface area contributed by atoms with Crippen LogP contribution in [0.5, 0.6) is 0 Å². The minimum atomic E-state index is -0.845. The number of aryl methyl sites for hydroxylation is 1. The van der Waals surface area contributed by atoms with E-state index in [0.29, 0.717) is 13.0 Å². The first-order valence-electron chi connectivity index (χ1n) is 3.58. The molecule has 0 fully saturated rings. The lowest BCUT2D eigenvalue weighted by Crippen LogP contribution is -2.01. The molecule has 12 heavy (non-hydrogen) atoms. The summed E-state index contributed by atoms with van der Waals surface area (Å²) < 4.78 is 13.7. The fourth-order valence-corrected chi connectivity index (χ4v) is 0.853. The summed E-state index contributed by atoms with van der Waals surface area (Å²) in [7, 11) is 0. The van der Waals surface area contributed by atoms with E-state index in [-0.39, 0.29) is 6.42 Å². The standard InChI is InChI=1S/C7H9FN2O2/c8-6-4-9-10(5-6)3-1-2-7(11)12/h4-5H,1-3H2,(H,11,12). The third kappa shape index (κ3) is 2.69. The van der Waals surface area contributed by atoms with Crippen molar-refractivity contribution in [1.29, 1.82) is 0 Å². The van der Waals surface area contributed by atoms with Crippen LogP contribution in [0.15, 0.2) is 12.4 Å². The van der Waals surface area contributed by atoms with E-state index in [9.17, 15) is 9.18 Å². The van der Waals surface area contributed by atoms with Crippen LogP contribution in [0.3, 0.4) is 0 Å². The van der Waals surface area contributed by atoms with Crippen LogP contribution in [0.4, 0.5) is 4.39 Å². The molecule has 0 aliphatic heterocycles. The number of nitrogens with zero attached hydrogens (tertiary/aromatic N) is 2. The van der Waals surface area contributed by atoms with Crippen LogP contribution >= 0.6 is 0 Å². The summed E-state index contributed by atoms with van der Waals surface area (Å²) in [6.45, 7) is 0.441. The maximum atomic E-state index is 12.3. The summed E-state index contributed by atoms with van der Waals surface area (Å²) in [6.07, 6.45) is 2.89. The number of halogens is 1. The molecule has 0 atom stereocenters. The molecular formula is C7H9FN2O2. The van der Waals surface area contributed by atoms with Gasteiger partial charge in [-0.1, -0.05) is 0 Å². The van der Waals surface area contributed by atoms with Crippen LogP contribution in [0.2, 0.25) is 0 Å². The molecule has 0 aliphatic carbocycles. The van der Waals surface area contributed by atoms with E-state index in [1.54, 1.807) is 0 Å². The number of aliphatic carboxylic acids is 1. The van der Waals surface area contributed by atoms with Crippen molar-refractivity contribution < 1.29 is 14.3 Å². The Morgan fingerprint density at radius 3 is 3.00 bits per heavy atom. The monoisotopic (exact) mass is 172 g/mol. The number of carbonyl (C=O) groups is 1. The topological polar surface area (TPSA) is 55.1 Å². The molecule has 0 saturated carbocycles. The van der Waals surface area contributed by atoms with E-state index >= 15 is 0 Å². The van der Waals surface area contributed by atoms with Crippen molar-refractivity contribution in [2.45, 2.75) is 19.4 Å². The van der Waals surface area contributed by atoms with E-state index in [4.69, 9.17) is 5.11 Å². The molecule has 1 heterocycles. The Labute approximate surface area is 68.6 Å². The second kappa shape index (κ2) is 3.85. The van der Waals surface area contributed by atoms with E-state index < -0.39 is 11.8 Å². The highest BCUT2D eigenvalue weighted by molar-refractivity contribution is 5.66. The average molecular weight is 172 g/mol. The van der Waals surface area contributed by atoms with Gasteiger partial charge in [0.2, 0.25) is 0 Å². The van der Waals surface area contributed by atoms with Gasteiger partial charge in [0.15, 0.2) is 5.82 Å². The van der Waals surface area contributed by atoms with Crippen LogP contribution in [0.1, 0.15) is 12.8 Å². The van der Waals surface area contributed by atoms with Gasteiger partial charge < -0.3 is 5.11 Å². The van der Waals surface area contributed by atoms with E-state index in [2.05, 4.69) is 5.10 Å². The van der Waals surface area contributed by atoms with Gasteiger partial charge in [-0.25, -0.2) is 4.39 Å². The Morgan fingerprint density at radius 1 is 1.75 bits per heavy atom. The molecule has 4 nitrogen and oxygen atoms in total. The fraction of sp³-hybridized carbons (Fsp3) is 0.429. The van der Waals surface area contributed by atoms with Crippen LogP contribution < -0.4 is 0 Å². The molecule has 0 radical (unpaired) electrons. The zero-order valence-electron chi connectivity index (χ0n) is 6.40. The summed E-state index contributed by atoms with van der Waals surface area (Å²) in [5.41, 5.74) is 0. The molecule has 1 N–H and O–H groups in total. The van der Waals surface area contributed by atoms with Gasteiger partial charge in [0.05, 0.1) is 12.4 Å². The Kier molecular flexibility index (Phi) is 2.79. The van der Waals surface area contributed by atoms with Gasteiger partial charge in [0.25, 0.3) is 0 Å². The van der Waals surface area contributed by atoms with Crippen molar-refractivity contribution in [2.75, 3.05) is 0 Å². The van der Waals surface area contributed by atoms with Crippen molar-refractivity contribution in [1.82, 2.24) is 9.78 Å². The third-order valence-electron chi connectivity index (χ3n) is 1.38. The van der Waals surface area contributed by atoms with Gasteiger partial charge in [-0.15, -0.1) is 0 Å². The molecule has 0 unspecified atom stereocenters. The smallest absolute Gasteiger partial charge is 0.303 e. The number of rotatable bonds is 4. The van der Waals surface area contributed by atoms with Gasteiger partial charge in [-0.2, -0.15) is 5.10 Å². The summed E-state index contributed by atoms with van der Waals surface area (Å²) in [6, 6.07) is 0. The molecule has 1 aromatic rings. The zero-order valence-corrected chi connectivity index (χ0v) is 6.40. The van der Waals surface area contributed by atoms with Gasteiger partial charge in [0.1, 0.15) is 0 Å². The number of aromatic nitrogens is 2. The van der Waals surface area contributed by atoms with E-state index in [1.807, 2.05) is 0 Å². The lowest BCUT2D eigenvalue weighted by molar-refractivity contribution is -0.137. The second-order valence-electron chi connectivity index (χ2n) is 2.42. The molecule has 66 valence electrons. The summed E-state index contributed by atoms with van der Waals surface area (Å²) in [5, 5.41) is 12.0. The molecule has 0 amide bonds. The zero-order chi connectivity index (χ0) is 8.97. The highest BCUT2D eigenvalue weighted by atomic mass is 19.1. The van der Waals surface area contributed by atoms with Crippen LogP contribution in [-0.4, -0.2) is 20.9 Å². The van der Waals surface area contributed by atoms with Gasteiger partial charge in [0, 0.05) is 13.0 Å². The molecule has 0 aliphatic rings. The highest BCUT2D eigenvalue weighted by Crippen LogP contribution is 1.97. The van der Waals surface area contributed by atoms with Gasteiger partial charge in [-0.05, 0) is 6.42 Å². The first-order chi connectivity index (χ1) is 5.68. The number of hydrogen-bond acceptors (Lipinski definition) is 2. The van der Waals surface area contributed by atoms with Crippen molar-refractivity contribution in [2.24, 2.45) is 0 Å². The Balaban J connectivity index is 2.29. The van der Waals surface area contributed by atoms with Crippen molar-refractivity contribution >= 4 is 5.97 Å². The van der Waals surface area contributed by atoms with Gasteiger partial charge >= 0.3 is 5.97 Å². The van der Waals surface area contributed by atoms with Crippen LogP contribution in [0, 0.1) is 5.82 Å². The molecule has 1 aromatic heterocycles. The minimum Gasteiger partial charge on any atom is -0.481 e. The molecule has 0 spiro atoms. The Bertz CT molecular complexity index is 272. The Hall–Kier alpha value is -1.39.